The van der Waals surface area contributed by atoms with E-state index in [1.54, 1.807) is 16.6 Å². The molecular weight excluding hydrogens is 467 g/mol. The van der Waals surface area contributed by atoms with E-state index in [1.807, 2.05) is 60.7 Å². The summed E-state index contributed by atoms with van der Waals surface area (Å²) in [5.74, 6) is 0.141. The standard InChI is InChI=1S/C27H20F3N5O/c28-27(29,30)21-15-9-18(10-16-21)17-31-25(36)20-13-11-19(12-14-20)23-7-4-8-24-33-26(34-35(23)24)32-22-5-2-1-3-6-22/h1-16H,17H2,(H,31,36)(H,32,34). The van der Waals surface area contributed by atoms with Gasteiger partial charge in [0.2, 0.25) is 5.95 Å². The van der Waals surface area contributed by atoms with Crippen molar-refractivity contribution in [2.24, 2.45) is 0 Å². The third kappa shape index (κ3) is 5.05. The van der Waals surface area contributed by atoms with E-state index in [2.05, 4.69) is 20.7 Å². The minimum absolute atomic E-state index is 0.119. The summed E-state index contributed by atoms with van der Waals surface area (Å²) >= 11 is 0. The Bertz CT molecular complexity index is 1500. The van der Waals surface area contributed by atoms with Crippen LogP contribution < -0.4 is 10.6 Å². The van der Waals surface area contributed by atoms with E-state index in [1.165, 1.54) is 12.1 Å². The molecule has 0 saturated carbocycles. The molecule has 0 aliphatic heterocycles. The molecule has 0 aliphatic carbocycles. The molecule has 2 heterocycles. The van der Waals surface area contributed by atoms with Crippen LogP contribution in [-0.4, -0.2) is 20.5 Å². The summed E-state index contributed by atoms with van der Waals surface area (Å²) in [6.07, 6.45) is -4.39. The van der Waals surface area contributed by atoms with E-state index < -0.39 is 11.7 Å². The van der Waals surface area contributed by atoms with Crippen LogP contribution in [0.2, 0.25) is 0 Å². The highest BCUT2D eigenvalue weighted by atomic mass is 19.4. The minimum Gasteiger partial charge on any atom is -0.348 e. The quantitative estimate of drug-likeness (QED) is 0.304. The van der Waals surface area contributed by atoms with Gasteiger partial charge in [0.05, 0.1) is 11.3 Å². The number of halogens is 3. The van der Waals surface area contributed by atoms with Gasteiger partial charge in [-0.25, -0.2) is 4.52 Å². The van der Waals surface area contributed by atoms with Crippen molar-refractivity contribution in [3.8, 4) is 11.3 Å². The van der Waals surface area contributed by atoms with E-state index in [9.17, 15) is 18.0 Å². The third-order valence-corrected chi connectivity index (χ3v) is 5.57. The maximum Gasteiger partial charge on any atom is 0.416 e. The van der Waals surface area contributed by atoms with Crippen LogP contribution in [0.4, 0.5) is 24.8 Å². The molecule has 0 radical (unpaired) electrons. The van der Waals surface area contributed by atoms with Gasteiger partial charge in [0, 0.05) is 23.4 Å². The summed E-state index contributed by atoms with van der Waals surface area (Å²) in [5.41, 5.74) is 3.48. The third-order valence-electron chi connectivity index (χ3n) is 5.57. The first-order valence-corrected chi connectivity index (χ1v) is 11.1. The number of nitrogens with zero attached hydrogens (tertiary/aromatic N) is 3. The van der Waals surface area contributed by atoms with Crippen molar-refractivity contribution in [1.29, 1.82) is 0 Å². The molecule has 2 aromatic heterocycles. The average molecular weight is 487 g/mol. The number of fused-ring (bicyclic) bond motifs is 1. The molecule has 0 aliphatic rings. The lowest BCUT2D eigenvalue weighted by Gasteiger charge is -2.09. The van der Waals surface area contributed by atoms with Gasteiger partial charge in [-0.2, -0.15) is 18.2 Å². The Hall–Kier alpha value is -4.66. The minimum atomic E-state index is -4.39. The monoisotopic (exact) mass is 487 g/mol. The van der Waals surface area contributed by atoms with Crippen LogP contribution in [0.15, 0.2) is 97.1 Å². The number of carbonyl (C=O) groups excluding carboxylic acids is 1. The number of nitrogens with one attached hydrogen (secondary N) is 2. The van der Waals surface area contributed by atoms with Crippen LogP contribution in [0.5, 0.6) is 0 Å². The van der Waals surface area contributed by atoms with E-state index in [-0.39, 0.29) is 12.5 Å². The number of anilines is 2. The Morgan fingerprint density at radius 2 is 1.56 bits per heavy atom. The van der Waals surface area contributed by atoms with E-state index in [4.69, 9.17) is 0 Å². The summed E-state index contributed by atoms with van der Waals surface area (Å²) in [4.78, 5) is 17.1. The Labute approximate surface area is 204 Å². The Balaban J connectivity index is 1.29. The first-order chi connectivity index (χ1) is 17.4. The second-order valence-electron chi connectivity index (χ2n) is 8.06. The van der Waals surface area contributed by atoms with Gasteiger partial charge in [0.15, 0.2) is 5.65 Å². The molecule has 1 amide bonds. The lowest BCUT2D eigenvalue weighted by Crippen LogP contribution is -2.22. The summed E-state index contributed by atoms with van der Waals surface area (Å²) in [5, 5.41) is 10.5. The van der Waals surface area contributed by atoms with Gasteiger partial charge in [0.1, 0.15) is 0 Å². The highest BCUT2D eigenvalue weighted by Crippen LogP contribution is 2.29. The molecule has 3 aromatic carbocycles. The first kappa shape index (κ1) is 23.1. The van der Waals surface area contributed by atoms with Gasteiger partial charge in [-0.05, 0) is 54.1 Å². The predicted molar refractivity (Wildman–Crippen MR) is 131 cm³/mol. The fourth-order valence-electron chi connectivity index (χ4n) is 3.72. The number of para-hydroxylation sites is 1. The Morgan fingerprint density at radius 3 is 2.25 bits per heavy atom. The highest BCUT2D eigenvalue weighted by Gasteiger charge is 2.29. The van der Waals surface area contributed by atoms with Crippen molar-refractivity contribution in [3.63, 3.8) is 0 Å². The first-order valence-electron chi connectivity index (χ1n) is 11.1. The zero-order chi connectivity index (χ0) is 25.1. The SMILES string of the molecule is O=C(NCc1ccc(C(F)(F)F)cc1)c1ccc(-c2cccc3nc(Nc4ccccc4)nn23)cc1. The lowest BCUT2D eigenvalue weighted by molar-refractivity contribution is -0.137. The molecule has 9 heteroatoms. The number of rotatable bonds is 6. The topological polar surface area (TPSA) is 71.3 Å². The predicted octanol–water partition coefficient (Wildman–Crippen LogP) is 6.09. The van der Waals surface area contributed by atoms with Crippen molar-refractivity contribution < 1.29 is 18.0 Å². The normalized spacial score (nSPS) is 11.4. The summed E-state index contributed by atoms with van der Waals surface area (Å²) in [6, 6.07) is 27.0. The second-order valence-corrected chi connectivity index (χ2v) is 8.06. The van der Waals surface area contributed by atoms with Crippen molar-refractivity contribution in [2.45, 2.75) is 12.7 Å². The van der Waals surface area contributed by atoms with Crippen LogP contribution in [0.1, 0.15) is 21.5 Å². The molecule has 0 atom stereocenters. The number of amides is 1. The summed E-state index contributed by atoms with van der Waals surface area (Å²) < 4.78 is 39.8. The second kappa shape index (κ2) is 9.53. The molecule has 2 N–H and O–H groups in total. The molecule has 0 spiro atoms. The zero-order valence-corrected chi connectivity index (χ0v) is 18.8. The van der Waals surface area contributed by atoms with Crippen molar-refractivity contribution in [1.82, 2.24) is 19.9 Å². The molecule has 180 valence electrons. The number of carbonyl (C=O) groups is 1. The highest BCUT2D eigenvalue weighted by molar-refractivity contribution is 5.94. The molecule has 0 fully saturated rings. The van der Waals surface area contributed by atoms with Crippen LogP contribution >= 0.6 is 0 Å². The van der Waals surface area contributed by atoms with Crippen LogP contribution in [0, 0.1) is 0 Å². The van der Waals surface area contributed by atoms with Gasteiger partial charge in [-0.3, -0.25) is 4.79 Å². The van der Waals surface area contributed by atoms with Crippen molar-refractivity contribution in [3.05, 3.63) is 114 Å². The summed E-state index contributed by atoms with van der Waals surface area (Å²) in [7, 11) is 0. The van der Waals surface area contributed by atoms with Crippen LogP contribution in [-0.2, 0) is 12.7 Å². The van der Waals surface area contributed by atoms with Crippen molar-refractivity contribution in [2.75, 3.05) is 5.32 Å². The van der Waals surface area contributed by atoms with E-state index in [0.29, 0.717) is 22.7 Å². The molecule has 36 heavy (non-hydrogen) atoms. The number of hydrogen-bond donors (Lipinski definition) is 2. The van der Waals surface area contributed by atoms with E-state index >= 15 is 0 Å². The molecule has 6 nitrogen and oxygen atoms in total. The average Bonchev–Trinajstić information content (AvgIpc) is 3.30. The van der Waals surface area contributed by atoms with Gasteiger partial charge in [-0.1, -0.05) is 48.5 Å². The summed E-state index contributed by atoms with van der Waals surface area (Å²) in [6.45, 7) is 0.119. The molecule has 5 rings (SSSR count). The number of aromatic nitrogens is 3. The van der Waals surface area contributed by atoms with Gasteiger partial charge in [0.25, 0.3) is 5.91 Å². The fourth-order valence-corrected chi connectivity index (χ4v) is 3.72. The molecule has 0 saturated heterocycles. The van der Waals surface area contributed by atoms with Crippen LogP contribution in [0.25, 0.3) is 16.9 Å². The zero-order valence-electron chi connectivity index (χ0n) is 18.8. The maximum atomic E-state index is 12.7. The van der Waals surface area contributed by atoms with Gasteiger partial charge in [-0.15, -0.1) is 5.10 Å². The largest absolute Gasteiger partial charge is 0.416 e. The molecule has 0 bridgehead atoms. The van der Waals surface area contributed by atoms with Gasteiger partial charge >= 0.3 is 6.18 Å². The molecular formula is C27H20F3N5O. The molecule has 0 unspecified atom stereocenters. The number of benzene rings is 3. The Morgan fingerprint density at radius 1 is 0.833 bits per heavy atom. The lowest BCUT2D eigenvalue weighted by atomic mass is 10.1. The number of pyridine rings is 1. The van der Waals surface area contributed by atoms with Crippen molar-refractivity contribution >= 4 is 23.2 Å². The fraction of sp³-hybridized carbons (Fsp3) is 0.0741. The number of hydrogen-bond acceptors (Lipinski definition) is 4. The Kier molecular flexibility index (Phi) is 6.12. The number of alkyl halides is 3. The molecule has 5 aromatic rings. The van der Waals surface area contributed by atoms with Crippen LogP contribution in [0.3, 0.4) is 0 Å². The maximum absolute atomic E-state index is 12.7. The van der Waals surface area contributed by atoms with E-state index in [0.717, 1.165) is 29.1 Å². The smallest absolute Gasteiger partial charge is 0.348 e. The van der Waals surface area contributed by atoms with Gasteiger partial charge < -0.3 is 10.6 Å².